The Morgan fingerprint density at radius 1 is 0.471 bits per heavy atom. The Labute approximate surface area is 411 Å². The molecule has 0 atom stereocenters. The lowest BCUT2D eigenvalue weighted by Gasteiger charge is -2.24. The number of aromatic nitrogens is 1. The van der Waals surface area contributed by atoms with Crippen molar-refractivity contribution in [2.75, 3.05) is 5.32 Å². The van der Waals surface area contributed by atoms with Gasteiger partial charge in [-0.05, 0) is 81.5 Å². The molecule has 5 heterocycles. The van der Waals surface area contributed by atoms with Crippen LogP contribution in [0.3, 0.4) is 0 Å². The number of benzene rings is 9. The second-order valence-corrected chi connectivity index (χ2v) is 22.3. The van der Waals surface area contributed by atoms with E-state index in [-0.39, 0.29) is 10.8 Å². The molecule has 335 valence electrons. The summed E-state index contributed by atoms with van der Waals surface area (Å²) in [7, 11) is 2.43. The van der Waals surface area contributed by atoms with Gasteiger partial charge in [0.05, 0.1) is 11.2 Å². The van der Waals surface area contributed by atoms with Crippen LogP contribution in [-0.4, -0.2) is 11.8 Å². The summed E-state index contributed by atoms with van der Waals surface area (Å²) >= 11 is 1.87. The maximum absolute atomic E-state index is 7.01. The van der Waals surface area contributed by atoms with Crippen LogP contribution in [0.15, 0.2) is 185 Å². The lowest BCUT2D eigenvalue weighted by molar-refractivity contribution is 0.587. The molecule has 0 bridgehead atoms. The van der Waals surface area contributed by atoms with E-state index in [4.69, 9.17) is 8.83 Å². The van der Waals surface area contributed by atoms with Crippen LogP contribution in [-0.2, 0) is 10.8 Å². The fourth-order valence-corrected chi connectivity index (χ4v) is 12.2. The third-order valence-electron chi connectivity index (χ3n) is 14.7. The first-order valence-corrected chi connectivity index (χ1v) is 25.1. The van der Waals surface area contributed by atoms with Crippen molar-refractivity contribution in [3.05, 3.63) is 187 Å². The molecule has 0 saturated carbocycles. The standard InChI is InChI=1S/C64H48BN2O2S/c1-63(2,3)38-21-24-40(25-22-38)66-52-34-56-47(41-26-23-39(64(4,5)6)29-55(41)68-56)30-45(52)43-27-28-44-46-31-48-42-19-13-14-20-57(42)70-58(48)35-53(46)67-54-33-50-49(32-51(54)65-59(43)60(44)67)61(36-15-9-7-10-16-36)69-62(50)37-17-11-8-12-18-37/h7-35,66H,1-6H3. The number of nitrogens with one attached hydrogen (secondary N) is 1. The Morgan fingerprint density at radius 2 is 1.13 bits per heavy atom. The molecule has 14 rings (SSSR count). The van der Waals surface area contributed by atoms with E-state index in [1.807, 2.05) is 11.3 Å². The van der Waals surface area contributed by atoms with Gasteiger partial charge in [0, 0.05) is 92.1 Å². The fraction of sp³-hybridized carbons (Fsp3) is 0.125. The minimum Gasteiger partial charge on any atom is -0.456 e. The molecule has 0 spiro atoms. The van der Waals surface area contributed by atoms with Gasteiger partial charge in [-0.1, -0.05) is 168 Å². The van der Waals surface area contributed by atoms with Crippen LogP contribution in [0, 0.1) is 0 Å². The fourth-order valence-electron chi connectivity index (χ4n) is 11.1. The molecule has 1 N–H and O–H groups in total. The number of fused-ring (bicyclic) bond motifs is 12. The van der Waals surface area contributed by atoms with E-state index < -0.39 is 0 Å². The van der Waals surface area contributed by atoms with E-state index in [1.165, 1.54) is 58.6 Å². The molecule has 4 nitrogen and oxygen atoms in total. The van der Waals surface area contributed by atoms with Crippen molar-refractivity contribution in [1.82, 2.24) is 4.57 Å². The minimum absolute atomic E-state index is 0.0118. The second-order valence-electron chi connectivity index (χ2n) is 21.2. The van der Waals surface area contributed by atoms with Gasteiger partial charge in [-0.3, -0.25) is 0 Å². The molecule has 4 aromatic heterocycles. The quantitative estimate of drug-likeness (QED) is 0.175. The Kier molecular flexibility index (Phi) is 8.74. The van der Waals surface area contributed by atoms with Crippen molar-refractivity contribution < 1.29 is 8.83 Å². The highest BCUT2D eigenvalue weighted by Gasteiger charge is 2.30. The molecule has 1 aliphatic rings. The summed E-state index contributed by atoms with van der Waals surface area (Å²) in [4.78, 5) is 0. The molecule has 0 fully saturated rings. The summed E-state index contributed by atoms with van der Waals surface area (Å²) in [6, 6.07) is 64.4. The zero-order chi connectivity index (χ0) is 47.2. The van der Waals surface area contributed by atoms with Gasteiger partial charge >= 0.3 is 0 Å². The summed E-state index contributed by atoms with van der Waals surface area (Å²) in [5.41, 5.74) is 16.5. The van der Waals surface area contributed by atoms with Gasteiger partial charge in [0.2, 0.25) is 0 Å². The highest BCUT2D eigenvalue weighted by Crippen LogP contribution is 2.46. The number of hydrogen-bond donors (Lipinski definition) is 1. The highest BCUT2D eigenvalue weighted by molar-refractivity contribution is 7.25. The van der Waals surface area contributed by atoms with Crippen molar-refractivity contribution in [3.8, 4) is 39.5 Å². The van der Waals surface area contributed by atoms with E-state index in [2.05, 4.69) is 235 Å². The number of nitrogens with zero attached hydrogens (tertiary/aromatic N) is 1. The van der Waals surface area contributed by atoms with Gasteiger partial charge in [-0.2, -0.15) is 0 Å². The average molecular weight is 920 g/mol. The molecule has 0 saturated heterocycles. The van der Waals surface area contributed by atoms with E-state index in [0.717, 1.165) is 89.0 Å². The summed E-state index contributed by atoms with van der Waals surface area (Å²) < 4.78 is 18.9. The molecule has 1 aliphatic heterocycles. The smallest absolute Gasteiger partial charge is 0.197 e. The lowest BCUT2D eigenvalue weighted by atomic mass is 9.58. The van der Waals surface area contributed by atoms with Crippen LogP contribution in [0.5, 0.6) is 0 Å². The van der Waals surface area contributed by atoms with Crippen LogP contribution in [0.4, 0.5) is 11.4 Å². The van der Waals surface area contributed by atoms with E-state index in [0.29, 0.717) is 0 Å². The van der Waals surface area contributed by atoms with Crippen LogP contribution in [0.1, 0.15) is 52.7 Å². The number of furan rings is 2. The Balaban J connectivity index is 1.07. The predicted octanol–water partition coefficient (Wildman–Crippen LogP) is 17.1. The number of anilines is 2. The van der Waals surface area contributed by atoms with Crippen molar-refractivity contribution in [3.63, 3.8) is 0 Å². The minimum atomic E-state index is -0.0118. The van der Waals surface area contributed by atoms with Crippen LogP contribution in [0.2, 0.25) is 0 Å². The molecule has 1 radical (unpaired) electrons. The molecule has 0 aliphatic carbocycles. The third kappa shape index (κ3) is 6.29. The van der Waals surface area contributed by atoms with Crippen molar-refractivity contribution >= 4 is 116 Å². The van der Waals surface area contributed by atoms with Gasteiger partial charge in [0.15, 0.2) is 7.28 Å². The van der Waals surface area contributed by atoms with E-state index in [9.17, 15) is 0 Å². The van der Waals surface area contributed by atoms with Crippen molar-refractivity contribution in [2.45, 2.75) is 52.4 Å². The van der Waals surface area contributed by atoms with Gasteiger partial charge in [-0.15, -0.1) is 11.3 Å². The van der Waals surface area contributed by atoms with Gasteiger partial charge in [-0.25, -0.2) is 0 Å². The number of thiophene rings is 1. The first-order valence-electron chi connectivity index (χ1n) is 24.3. The molecular weight excluding hydrogens is 872 g/mol. The molecule has 0 amide bonds. The predicted molar refractivity (Wildman–Crippen MR) is 299 cm³/mol. The largest absolute Gasteiger partial charge is 0.456 e. The van der Waals surface area contributed by atoms with E-state index >= 15 is 0 Å². The van der Waals surface area contributed by atoms with E-state index in [1.54, 1.807) is 0 Å². The zero-order valence-corrected chi connectivity index (χ0v) is 40.8. The Bertz CT molecular complexity index is 4290. The summed E-state index contributed by atoms with van der Waals surface area (Å²) in [6.07, 6.45) is 0. The molecule has 0 unspecified atom stereocenters. The third-order valence-corrected chi connectivity index (χ3v) is 15.9. The number of rotatable bonds is 5. The first kappa shape index (κ1) is 41.2. The second kappa shape index (κ2) is 14.9. The monoisotopic (exact) mass is 919 g/mol. The Morgan fingerprint density at radius 3 is 1.86 bits per heavy atom. The van der Waals surface area contributed by atoms with Crippen LogP contribution < -0.4 is 16.2 Å². The lowest BCUT2D eigenvalue weighted by Crippen LogP contribution is -2.37. The van der Waals surface area contributed by atoms with Crippen LogP contribution in [0.25, 0.3) is 114 Å². The molecule has 70 heavy (non-hydrogen) atoms. The van der Waals surface area contributed by atoms with Gasteiger partial charge in [0.1, 0.15) is 22.7 Å². The topological polar surface area (TPSA) is 43.2 Å². The molecular formula is C64H48BN2O2S. The van der Waals surface area contributed by atoms with Crippen molar-refractivity contribution in [1.29, 1.82) is 0 Å². The average Bonchev–Trinajstić information content (AvgIpc) is 4.12. The zero-order valence-electron chi connectivity index (χ0n) is 40.0. The first-order chi connectivity index (χ1) is 33.9. The van der Waals surface area contributed by atoms with Gasteiger partial charge < -0.3 is 18.7 Å². The summed E-state index contributed by atoms with van der Waals surface area (Å²) in [6.45, 7) is 13.5. The van der Waals surface area contributed by atoms with Gasteiger partial charge in [0.25, 0.3) is 0 Å². The molecule has 9 aromatic carbocycles. The summed E-state index contributed by atoms with van der Waals surface area (Å²) in [5.74, 6) is 1.74. The maximum atomic E-state index is 7.01. The Hall–Kier alpha value is -7.80. The summed E-state index contributed by atoms with van der Waals surface area (Å²) in [5, 5.41) is 13.3. The highest BCUT2D eigenvalue weighted by atomic mass is 32.1. The molecule has 6 heteroatoms. The van der Waals surface area contributed by atoms with Crippen molar-refractivity contribution in [2.24, 2.45) is 0 Å². The van der Waals surface area contributed by atoms with Crippen LogP contribution >= 0.6 is 11.3 Å². The maximum Gasteiger partial charge on any atom is 0.197 e. The SMILES string of the molecule is CC(C)(C)c1ccc(Nc2cc3oc4cc(C(C)(C)C)ccc4c3cc2-c2ccc3c4cc5c(cc4n4c3c2[B]c2cc3c(-c6ccccc6)oc(-c6ccccc6)c3cc2-4)sc2ccccc25)cc1. The molecule has 13 aromatic rings. The number of hydrogen-bond acceptors (Lipinski definition) is 4. The normalized spacial score (nSPS) is 12.8.